The number of anilines is 1. The lowest BCUT2D eigenvalue weighted by Gasteiger charge is -2.12. The van der Waals surface area contributed by atoms with Gasteiger partial charge in [0.05, 0.1) is 4.92 Å². The van der Waals surface area contributed by atoms with E-state index >= 15 is 0 Å². The fraction of sp³-hybridized carbons (Fsp3) is 0.133. The van der Waals surface area contributed by atoms with Crippen LogP contribution in [0, 0.1) is 30.9 Å². The van der Waals surface area contributed by atoms with Crippen molar-refractivity contribution in [3.8, 4) is 17.3 Å². The van der Waals surface area contributed by atoms with Crippen LogP contribution in [0.15, 0.2) is 78.6 Å². The van der Waals surface area contributed by atoms with Gasteiger partial charge in [0.2, 0.25) is 11.8 Å². The summed E-state index contributed by atoms with van der Waals surface area (Å²) in [5.74, 6) is -0.361. The van der Waals surface area contributed by atoms with E-state index in [1.807, 2.05) is 55.7 Å². The number of hydrogen-bond acceptors (Lipinski definition) is 7. The van der Waals surface area contributed by atoms with E-state index in [-0.39, 0.29) is 17.3 Å². The SMILES string of the molecule is Cc1ccc(NC(=O)CN2C(=O)NC(=Cc3cc(C)n(-c4ccc(Oc5ccc([N+](=O)[O-])cn5)cc4)c3C)C2=O)cc1. The standard InChI is InChI=1S/C30H26N6O6/c1-18-4-6-22(7-5-18)32-27(37)17-34-29(38)26(33-30(34)39)15-21-14-19(2)35(20(21)3)23-8-11-25(12-9-23)42-28-13-10-24(16-31-28)36(40)41/h4-16H,17H2,1-3H3,(H,32,37)(H,33,39). The normalized spacial score (nSPS) is 13.8. The Hall–Kier alpha value is -5.78. The number of carbonyl (C=O) groups excluding carboxylic acids is 3. The Morgan fingerprint density at radius 2 is 1.76 bits per heavy atom. The van der Waals surface area contributed by atoms with Crippen molar-refractivity contribution in [1.29, 1.82) is 0 Å². The van der Waals surface area contributed by atoms with Crippen molar-refractivity contribution < 1.29 is 24.0 Å². The summed E-state index contributed by atoms with van der Waals surface area (Å²) in [7, 11) is 0. The van der Waals surface area contributed by atoms with Crippen LogP contribution in [-0.4, -0.2) is 43.8 Å². The number of nitrogens with zero attached hydrogens (tertiary/aromatic N) is 4. The first-order valence-corrected chi connectivity index (χ1v) is 12.9. The topological polar surface area (TPSA) is 149 Å². The van der Waals surface area contributed by atoms with Crippen LogP contribution in [0.1, 0.15) is 22.5 Å². The highest BCUT2D eigenvalue weighted by molar-refractivity contribution is 6.16. The van der Waals surface area contributed by atoms with Gasteiger partial charge in [0.1, 0.15) is 24.2 Å². The second-order valence-corrected chi connectivity index (χ2v) is 9.66. The number of aryl methyl sites for hydroxylation is 2. The number of rotatable bonds is 8. The molecule has 12 nitrogen and oxygen atoms in total. The maximum Gasteiger partial charge on any atom is 0.329 e. The molecule has 4 aromatic rings. The van der Waals surface area contributed by atoms with Crippen molar-refractivity contribution >= 4 is 35.3 Å². The number of hydrogen-bond donors (Lipinski definition) is 2. The molecule has 12 heteroatoms. The number of amides is 4. The summed E-state index contributed by atoms with van der Waals surface area (Å²) in [5, 5.41) is 16.1. The molecular formula is C30H26N6O6. The molecule has 0 spiro atoms. The minimum atomic E-state index is -0.669. The van der Waals surface area contributed by atoms with Gasteiger partial charge in [-0.05, 0) is 74.9 Å². The van der Waals surface area contributed by atoms with Crippen LogP contribution < -0.4 is 15.4 Å². The second-order valence-electron chi connectivity index (χ2n) is 9.66. The van der Waals surface area contributed by atoms with E-state index in [0.717, 1.165) is 39.3 Å². The summed E-state index contributed by atoms with van der Waals surface area (Å²) in [6, 6.07) is 18.3. The van der Waals surface area contributed by atoms with Crippen LogP contribution in [0.4, 0.5) is 16.2 Å². The number of benzene rings is 2. The molecule has 0 bridgehead atoms. The van der Waals surface area contributed by atoms with Gasteiger partial charge in [-0.3, -0.25) is 19.7 Å². The first-order chi connectivity index (χ1) is 20.1. The van der Waals surface area contributed by atoms with Crippen LogP contribution in [-0.2, 0) is 9.59 Å². The molecular weight excluding hydrogens is 540 g/mol. The van der Waals surface area contributed by atoms with Crippen molar-refractivity contribution in [1.82, 2.24) is 19.8 Å². The summed E-state index contributed by atoms with van der Waals surface area (Å²) in [6.07, 6.45) is 2.72. The van der Waals surface area contributed by atoms with Crippen LogP contribution in [0.5, 0.6) is 11.6 Å². The molecule has 4 amide bonds. The Labute approximate surface area is 240 Å². The smallest absolute Gasteiger partial charge is 0.329 e. The summed E-state index contributed by atoms with van der Waals surface area (Å²) >= 11 is 0. The van der Waals surface area contributed by atoms with Gasteiger partial charge in [-0.25, -0.2) is 14.7 Å². The van der Waals surface area contributed by atoms with Crippen LogP contribution in [0.25, 0.3) is 11.8 Å². The maximum atomic E-state index is 13.0. The zero-order valence-corrected chi connectivity index (χ0v) is 23.0. The lowest BCUT2D eigenvalue weighted by atomic mass is 10.2. The number of aromatic nitrogens is 2. The van der Waals surface area contributed by atoms with Gasteiger partial charge in [-0.2, -0.15) is 0 Å². The largest absolute Gasteiger partial charge is 0.439 e. The lowest BCUT2D eigenvalue weighted by molar-refractivity contribution is -0.385. The molecule has 1 saturated heterocycles. The number of nitrogens with one attached hydrogen (secondary N) is 2. The first-order valence-electron chi connectivity index (χ1n) is 12.9. The van der Waals surface area contributed by atoms with E-state index < -0.39 is 29.3 Å². The van der Waals surface area contributed by atoms with Gasteiger partial charge in [0, 0.05) is 34.9 Å². The molecule has 42 heavy (non-hydrogen) atoms. The monoisotopic (exact) mass is 566 g/mol. The van der Waals surface area contributed by atoms with E-state index in [2.05, 4.69) is 15.6 Å². The number of imide groups is 1. The Bertz CT molecular complexity index is 1720. The van der Waals surface area contributed by atoms with E-state index in [1.165, 1.54) is 12.1 Å². The van der Waals surface area contributed by atoms with Gasteiger partial charge in [-0.15, -0.1) is 0 Å². The highest BCUT2D eigenvalue weighted by Crippen LogP contribution is 2.27. The molecule has 5 rings (SSSR count). The fourth-order valence-corrected chi connectivity index (χ4v) is 4.51. The van der Waals surface area contributed by atoms with Crippen LogP contribution in [0.2, 0.25) is 0 Å². The van der Waals surface area contributed by atoms with Gasteiger partial charge in [0.25, 0.3) is 11.6 Å². The van der Waals surface area contributed by atoms with Crippen LogP contribution >= 0.6 is 0 Å². The molecule has 1 fully saturated rings. The maximum absolute atomic E-state index is 13.0. The molecule has 0 unspecified atom stereocenters. The van der Waals surface area contributed by atoms with E-state index in [9.17, 15) is 24.5 Å². The average molecular weight is 567 g/mol. The zero-order chi connectivity index (χ0) is 30.0. The predicted molar refractivity (Wildman–Crippen MR) is 154 cm³/mol. The number of nitro groups is 1. The summed E-state index contributed by atoms with van der Waals surface area (Å²) < 4.78 is 7.67. The van der Waals surface area contributed by atoms with Crippen molar-refractivity contribution in [2.24, 2.45) is 0 Å². The first kappa shape index (κ1) is 27.8. The molecule has 2 aromatic heterocycles. The Balaban J connectivity index is 1.28. The summed E-state index contributed by atoms with van der Waals surface area (Å²) in [6.45, 7) is 5.31. The van der Waals surface area contributed by atoms with E-state index in [1.54, 1.807) is 30.3 Å². The Morgan fingerprint density at radius 1 is 1.05 bits per heavy atom. The van der Waals surface area contributed by atoms with E-state index in [0.29, 0.717) is 11.4 Å². The molecule has 2 N–H and O–H groups in total. The summed E-state index contributed by atoms with van der Waals surface area (Å²) in [4.78, 5) is 53.1. The number of ether oxygens (including phenoxy) is 1. The Kier molecular flexibility index (Phi) is 7.52. The van der Waals surface area contributed by atoms with Gasteiger partial charge in [-0.1, -0.05) is 17.7 Å². The molecule has 3 heterocycles. The van der Waals surface area contributed by atoms with Gasteiger partial charge >= 0.3 is 6.03 Å². The lowest BCUT2D eigenvalue weighted by Crippen LogP contribution is -2.38. The van der Waals surface area contributed by atoms with Gasteiger partial charge < -0.3 is 19.9 Å². The van der Waals surface area contributed by atoms with Crippen molar-refractivity contribution in [3.63, 3.8) is 0 Å². The molecule has 1 aliphatic heterocycles. The molecule has 0 radical (unpaired) electrons. The predicted octanol–water partition coefficient (Wildman–Crippen LogP) is 5.03. The van der Waals surface area contributed by atoms with E-state index in [4.69, 9.17) is 4.74 Å². The molecule has 0 aliphatic carbocycles. The number of urea groups is 1. The highest BCUT2D eigenvalue weighted by atomic mass is 16.6. The van der Waals surface area contributed by atoms with Crippen molar-refractivity contribution in [2.75, 3.05) is 11.9 Å². The average Bonchev–Trinajstić information content (AvgIpc) is 3.39. The third-order valence-corrected chi connectivity index (χ3v) is 6.62. The molecule has 0 saturated carbocycles. The van der Waals surface area contributed by atoms with Crippen molar-refractivity contribution in [2.45, 2.75) is 20.8 Å². The molecule has 0 atom stereocenters. The second kappa shape index (κ2) is 11.4. The van der Waals surface area contributed by atoms with Gasteiger partial charge in [0.15, 0.2) is 0 Å². The third-order valence-electron chi connectivity index (χ3n) is 6.62. The minimum absolute atomic E-state index is 0.0720. The number of pyridine rings is 1. The summed E-state index contributed by atoms with van der Waals surface area (Å²) in [5.41, 5.74) is 4.81. The quantitative estimate of drug-likeness (QED) is 0.131. The number of carbonyl (C=O) groups is 3. The Morgan fingerprint density at radius 3 is 2.40 bits per heavy atom. The molecule has 212 valence electrons. The van der Waals surface area contributed by atoms with Crippen molar-refractivity contribution in [3.05, 3.63) is 111 Å². The molecule has 2 aromatic carbocycles. The third kappa shape index (κ3) is 5.87. The fourth-order valence-electron chi connectivity index (χ4n) is 4.51. The van der Waals surface area contributed by atoms with Crippen LogP contribution in [0.3, 0.4) is 0 Å². The minimum Gasteiger partial charge on any atom is -0.439 e. The zero-order valence-electron chi connectivity index (χ0n) is 23.0. The molecule has 1 aliphatic rings. The highest BCUT2D eigenvalue weighted by Gasteiger charge is 2.35.